The van der Waals surface area contributed by atoms with Gasteiger partial charge in [-0.2, -0.15) is 0 Å². The molecular formula is C25H34N3O2+. The Morgan fingerprint density at radius 3 is 2.33 bits per heavy atom. The Hall–Kier alpha value is -2.66. The van der Waals surface area contributed by atoms with E-state index in [0.717, 1.165) is 42.7 Å². The molecule has 1 aliphatic rings. The van der Waals surface area contributed by atoms with Gasteiger partial charge < -0.3 is 14.7 Å². The van der Waals surface area contributed by atoms with Gasteiger partial charge in [-0.05, 0) is 37.8 Å². The third-order valence-corrected chi connectivity index (χ3v) is 6.17. The Balaban J connectivity index is 1.84. The standard InChI is InChI=1S/C25H33N3O2/c1-19-10-8-11-20(2)24(19)26-23(29)18-28(16-21-12-6-5-7-13-21)15-9-14-22(17-28)25(30)27(3)4/h5-8,10-13,22H,9,14-18H2,1-4H3/p+1. The fourth-order valence-electron chi connectivity index (χ4n) is 4.70. The third kappa shape index (κ3) is 5.28. The van der Waals surface area contributed by atoms with Gasteiger partial charge in [-0.1, -0.05) is 48.5 Å². The summed E-state index contributed by atoms with van der Waals surface area (Å²) in [4.78, 5) is 27.6. The number of rotatable bonds is 6. The molecule has 1 fully saturated rings. The fourth-order valence-corrected chi connectivity index (χ4v) is 4.70. The van der Waals surface area contributed by atoms with Crippen molar-refractivity contribution in [1.82, 2.24) is 4.90 Å². The minimum atomic E-state index is -0.0366. The van der Waals surface area contributed by atoms with Gasteiger partial charge in [-0.15, -0.1) is 0 Å². The van der Waals surface area contributed by atoms with Crippen molar-refractivity contribution in [3.63, 3.8) is 0 Å². The summed E-state index contributed by atoms with van der Waals surface area (Å²) >= 11 is 0. The number of piperidine rings is 1. The number of carbonyl (C=O) groups excluding carboxylic acids is 2. The van der Waals surface area contributed by atoms with Crippen molar-refractivity contribution in [2.45, 2.75) is 33.2 Å². The lowest BCUT2D eigenvalue weighted by Gasteiger charge is -2.44. The maximum atomic E-state index is 13.2. The van der Waals surface area contributed by atoms with E-state index < -0.39 is 0 Å². The highest BCUT2D eigenvalue weighted by atomic mass is 16.2. The zero-order valence-corrected chi connectivity index (χ0v) is 18.6. The molecule has 5 heteroatoms. The molecule has 2 aromatic carbocycles. The molecule has 1 saturated heterocycles. The van der Waals surface area contributed by atoms with E-state index >= 15 is 0 Å². The molecule has 30 heavy (non-hydrogen) atoms. The Bertz CT molecular complexity index is 874. The van der Waals surface area contributed by atoms with E-state index in [9.17, 15) is 9.59 Å². The van der Waals surface area contributed by atoms with Gasteiger partial charge >= 0.3 is 0 Å². The first-order chi connectivity index (χ1) is 14.3. The summed E-state index contributed by atoms with van der Waals surface area (Å²) in [6.45, 7) is 6.78. The summed E-state index contributed by atoms with van der Waals surface area (Å²) in [5, 5.41) is 3.15. The van der Waals surface area contributed by atoms with Gasteiger partial charge in [0.15, 0.2) is 6.54 Å². The minimum Gasteiger partial charge on any atom is -0.348 e. The molecule has 2 unspecified atom stereocenters. The summed E-state index contributed by atoms with van der Waals surface area (Å²) in [6.07, 6.45) is 1.85. The summed E-state index contributed by atoms with van der Waals surface area (Å²) < 4.78 is 0.616. The average molecular weight is 409 g/mol. The van der Waals surface area contributed by atoms with Crippen LogP contribution in [0.25, 0.3) is 0 Å². The number of hydrogen-bond donors (Lipinski definition) is 1. The summed E-state index contributed by atoms with van der Waals surface area (Å²) in [6, 6.07) is 16.3. The molecule has 0 aliphatic carbocycles. The van der Waals surface area contributed by atoms with E-state index in [1.165, 1.54) is 5.56 Å². The molecule has 160 valence electrons. The van der Waals surface area contributed by atoms with E-state index in [-0.39, 0.29) is 17.7 Å². The van der Waals surface area contributed by atoms with Gasteiger partial charge in [0, 0.05) is 25.3 Å². The number of quaternary nitrogens is 1. The Labute approximate surface area is 180 Å². The highest BCUT2D eigenvalue weighted by Gasteiger charge is 2.40. The van der Waals surface area contributed by atoms with E-state index in [0.29, 0.717) is 17.6 Å². The molecule has 1 aliphatic heterocycles. The van der Waals surface area contributed by atoms with Crippen LogP contribution in [0.5, 0.6) is 0 Å². The van der Waals surface area contributed by atoms with Gasteiger partial charge in [0.25, 0.3) is 5.91 Å². The number of nitrogens with one attached hydrogen (secondary N) is 1. The van der Waals surface area contributed by atoms with E-state index in [1.807, 2.05) is 64.3 Å². The van der Waals surface area contributed by atoms with Gasteiger partial charge in [0.05, 0.1) is 19.0 Å². The van der Waals surface area contributed by atoms with Gasteiger partial charge in [-0.3, -0.25) is 9.59 Å². The van der Waals surface area contributed by atoms with E-state index in [4.69, 9.17) is 0 Å². The van der Waals surface area contributed by atoms with Crippen LogP contribution in [0.15, 0.2) is 48.5 Å². The number of nitrogens with zero attached hydrogens (tertiary/aromatic N) is 2. The summed E-state index contributed by atoms with van der Waals surface area (Å²) in [5.74, 6) is 0.146. The molecule has 1 N–H and O–H groups in total. The number of likely N-dealkylation sites (tertiary alicyclic amines) is 1. The van der Waals surface area contributed by atoms with Gasteiger partial charge in [-0.25, -0.2) is 0 Å². The maximum absolute atomic E-state index is 13.2. The molecule has 0 radical (unpaired) electrons. The lowest BCUT2D eigenvalue weighted by Crippen LogP contribution is -2.58. The van der Waals surface area contributed by atoms with Crippen LogP contribution in [0.3, 0.4) is 0 Å². The first-order valence-corrected chi connectivity index (χ1v) is 10.8. The van der Waals surface area contributed by atoms with Crippen LogP contribution in [0.2, 0.25) is 0 Å². The van der Waals surface area contributed by atoms with Crippen LogP contribution in [-0.2, 0) is 16.1 Å². The molecule has 2 aromatic rings. The molecule has 3 rings (SSSR count). The van der Waals surface area contributed by atoms with Crippen LogP contribution in [0, 0.1) is 19.8 Å². The van der Waals surface area contributed by atoms with Crippen LogP contribution in [0.4, 0.5) is 5.69 Å². The largest absolute Gasteiger partial charge is 0.348 e. The Morgan fingerprint density at radius 2 is 1.70 bits per heavy atom. The van der Waals surface area contributed by atoms with Gasteiger partial charge in [0.1, 0.15) is 6.54 Å². The third-order valence-electron chi connectivity index (χ3n) is 6.17. The Morgan fingerprint density at radius 1 is 1.03 bits per heavy atom. The predicted molar refractivity (Wildman–Crippen MR) is 121 cm³/mol. The number of anilines is 1. The second kappa shape index (κ2) is 9.43. The molecule has 1 heterocycles. The number of hydrogen-bond acceptors (Lipinski definition) is 2. The second-order valence-electron chi connectivity index (χ2n) is 8.94. The zero-order chi connectivity index (χ0) is 21.7. The van der Waals surface area contributed by atoms with Crippen molar-refractivity contribution in [2.75, 3.05) is 39.0 Å². The molecule has 2 amide bonds. The van der Waals surface area contributed by atoms with Crippen molar-refractivity contribution >= 4 is 17.5 Å². The normalized spacial score (nSPS) is 21.1. The lowest BCUT2D eigenvalue weighted by atomic mass is 9.93. The highest BCUT2D eigenvalue weighted by molar-refractivity contribution is 5.93. The van der Waals surface area contributed by atoms with Crippen molar-refractivity contribution in [3.8, 4) is 0 Å². The van der Waals surface area contributed by atoms with Crippen molar-refractivity contribution in [2.24, 2.45) is 5.92 Å². The molecule has 5 nitrogen and oxygen atoms in total. The topological polar surface area (TPSA) is 49.4 Å². The first kappa shape index (κ1) is 22.0. The number of benzene rings is 2. The Kier molecular flexibility index (Phi) is 6.93. The van der Waals surface area contributed by atoms with E-state index in [1.54, 1.807) is 4.90 Å². The van der Waals surface area contributed by atoms with Crippen molar-refractivity contribution in [1.29, 1.82) is 0 Å². The van der Waals surface area contributed by atoms with Crippen LogP contribution >= 0.6 is 0 Å². The smallest absolute Gasteiger partial charge is 0.279 e. The van der Waals surface area contributed by atoms with Crippen LogP contribution in [0.1, 0.15) is 29.5 Å². The lowest BCUT2D eigenvalue weighted by molar-refractivity contribution is -0.940. The predicted octanol–water partition coefficient (Wildman–Crippen LogP) is 3.76. The molecule has 0 spiro atoms. The fraction of sp³-hybridized carbons (Fsp3) is 0.440. The zero-order valence-electron chi connectivity index (χ0n) is 18.6. The molecule has 0 bridgehead atoms. The van der Waals surface area contributed by atoms with Crippen molar-refractivity contribution in [3.05, 3.63) is 65.2 Å². The number of para-hydroxylation sites is 1. The molecular weight excluding hydrogens is 374 g/mol. The van der Waals surface area contributed by atoms with E-state index in [2.05, 4.69) is 17.4 Å². The molecule has 0 aromatic heterocycles. The molecule has 2 atom stereocenters. The number of aryl methyl sites for hydroxylation is 2. The number of amides is 2. The monoisotopic (exact) mass is 408 g/mol. The average Bonchev–Trinajstić information content (AvgIpc) is 2.71. The quantitative estimate of drug-likeness (QED) is 0.740. The van der Waals surface area contributed by atoms with Gasteiger partial charge in [0.2, 0.25) is 5.91 Å². The van der Waals surface area contributed by atoms with Crippen LogP contribution in [-0.4, -0.2) is 54.9 Å². The first-order valence-electron chi connectivity index (χ1n) is 10.8. The van der Waals surface area contributed by atoms with Crippen molar-refractivity contribution < 1.29 is 14.1 Å². The maximum Gasteiger partial charge on any atom is 0.279 e. The highest BCUT2D eigenvalue weighted by Crippen LogP contribution is 2.28. The summed E-state index contributed by atoms with van der Waals surface area (Å²) in [5.41, 5.74) is 4.24. The van der Waals surface area contributed by atoms with Crippen LogP contribution < -0.4 is 5.32 Å². The SMILES string of the molecule is Cc1cccc(C)c1NC(=O)C[N+]1(Cc2ccccc2)CCCC(C(=O)N(C)C)C1. The second-order valence-corrected chi connectivity index (χ2v) is 8.94. The molecule has 0 saturated carbocycles. The minimum absolute atomic E-state index is 0.0151. The number of carbonyl (C=O) groups is 2. The summed E-state index contributed by atoms with van der Waals surface area (Å²) in [7, 11) is 3.63.